The van der Waals surface area contributed by atoms with Gasteiger partial charge in [0.2, 0.25) is 0 Å². The number of imide groups is 1. The van der Waals surface area contributed by atoms with E-state index < -0.39 is 0 Å². The number of hydrogen-bond acceptors (Lipinski definition) is 2. The number of rotatable bonds is 2. The van der Waals surface area contributed by atoms with Gasteiger partial charge < -0.3 is 0 Å². The molecule has 5 heteroatoms. The van der Waals surface area contributed by atoms with Crippen LogP contribution in [0, 0.1) is 0 Å². The van der Waals surface area contributed by atoms with Crippen molar-refractivity contribution >= 4 is 61.4 Å². The summed E-state index contributed by atoms with van der Waals surface area (Å²) in [6, 6.07) is 22.2. The molecule has 0 spiro atoms. The molecule has 0 unspecified atom stereocenters. The van der Waals surface area contributed by atoms with Crippen molar-refractivity contribution in [3.05, 3.63) is 81.2 Å². The number of carbonyl (C=O) groups excluding carboxylic acids is 2. The van der Waals surface area contributed by atoms with E-state index in [-0.39, 0.29) is 41.7 Å². The van der Waals surface area contributed by atoms with Crippen LogP contribution in [0.2, 0.25) is 0 Å². The van der Waals surface area contributed by atoms with Gasteiger partial charge in [0.1, 0.15) is 0 Å². The molecule has 2 aliphatic heterocycles. The standard InChI is InChI=1S/C21H13NO2Se2/c23-20-18-19(21(24)22(20)12-13-6-2-1-3-7-13)26-16-11-5-9-14-8-4-10-15(25-18)17(14)16/h1-11H,12H2. The molecule has 0 fully saturated rings. The van der Waals surface area contributed by atoms with Gasteiger partial charge in [0, 0.05) is 0 Å². The topological polar surface area (TPSA) is 37.4 Å². The van der Waals surface area contributed by atoms with Gasteiger partial charge in [-0.1, -0.05) is 0 Å². The number of nitrogens with zero attached hydrogens (tertiary/aromatic N) is 1. The van der Waals surface area contributed by atoms with Crippen LogP contribution in [0.1, 0.15) is 5.56 Å². The predicted molar refractivity (Wildman–Crippen MR) is 104 cm³/mol. The molecule has 126 valence electrons. The molecule has 3 nitrogen and oxygen atoms in total. The Bertz CT molecular complexity index is 1040. The SMILES string of the molecule is O=C1C2=C([Se]c3cccc4cccc(c34)[Se]2)C(=O)N1Cc1ccccc1. The van der Waals surface area contributed by atoms with Crippen LogP contribution < -0.4 is 8.92 Å². The van der Waals surface area contributed by atoms with Crippen LogP contribution in [0.15, 0.2) is 75.7 Å². The summed E-state index contributed by atoms with van der Waals surface area (Å²) in [5.74, 6) is -0.193. The average molecular weight is 469 g/mol. The van der Waals surface area contributed by atoms with Crippen molar-refractivity contribution in [3.8, 4) is 0 Å². The Balaban J connectivity index is 1.56. The second-order valence-electron chi connectivity index (χ2n) is 6.15. The van der Waals surface area contributed by atoms with Crippen LogP contribution in [-0.4, -0.2) is 46.6 Å². The molecule has 2 amide bonds. The fraction of sp³-hybridized carbons (Fsp3) is 0.0476. The van der Waals surface area contributed by atoms with Crippen molar-refractivity contribution in [1.29, 1.82) is 0 Å². The fourth-order valence-corrected chi connectivity index (χ4v) is 9.03. The molecule has 3 aromatic rings. The van der Waals surface area contributed by atoms with Gasteiger partial charge in [-0.15, -0.1) is 0 Å². The van der Waals surface area contributed by atoms with Gasteiger partial charge in [-0.2, -0.15) is 0 Å². The molecule has 2 heterocycles. The maximum atomic E-state index is 13.1. The quantitative estimate of drug-likeness (QED) is 0.419. The van der Waals surface area contributed by atoms with Crippen molar-refractivity contribution in [2.45, 2.75) is 6.54 Å². The van der Waals surface area contributed by atoms with Crippen molar-refractivity contribution in [1.82, 2.24) is 4.90 Å². The van der Waals surface area contributed by atoms with Crippen LogP contribution in [-0.2, 0) is 16.1 Å². The summed E-state index contributed by atoms with van der Waals surface area (Å²) in [5, 5.41) is 2.45. The molecule has 0 aromatic heterocycles. The second-order valence-corrected chi connectivity index (χ2v) is 10.6. The van der Waals surface area contributed by atoms with E-state index in [1.807, 2.05) is 42.5 Å². The van der Waals surface area contributed by atoms with Crippen LogP contribution in [0.5, 0.6) is 0 Å². The Labute approximate surface area is 163 Å². The van der Waals surface area contributed by atoms with E-state index in [9.17, 15) is 9.59 Å². The third-order valence-corrected chi connectivity index (χ3v) is 9.97. The molecule has 0 N–H and O–H groups in total. The summed E-state index contributed by atoms with van der Waals surface area (Å²) in [4.78, 5) is 27.5. The number of benzene rings is 3. The van der Waals surface area contributed by atoms with Crippen molar-refractivity contribution in [2.75, 3.05) is 0 Å². The summed E-state index contributed by atoms with van der Waals surface area (Å²) in [7, 11) is 0. The first-order valence-electron chi connectivity index (χ1n) is 8.24. The zero-order valence-corrected chi connectivity index (χ0v) is 17.1. The first-order valence-corrected chi connectivity index (χ1v) is 11.7. The van der Waals surface area contributed by atoms with E-state index in [1.165, 1.54) is 24.6 Å². The van der Waals surface area contributed by atoms with Gasteiger partial charge in [0.25, 0.3) is 0 Å². The number of carbonyl (C=O) groups is 2. The molecular formula is C21H13NO2Se2. The van der Waals surface area contributed by atoms with E-state index >= 15 is 0 Å². The molecule has 5 rings (SSSR count). The first kappa shape index (κ1) is 16.0. The molecule has 0 aliphatic carbocycles. The van der Waals surface area contributed by atoms with Crippen LogP contribution in [0.4, 0.5) is 0 Å². The van der Waals surface area contributed by atoms with Crippen molar-refractivity contribution in [2.24, 2.45) is 0 Å². The van der Waals surface area contributed by atoms with Gasteiger partial charge in [-0.05, 0) is 0 Å². The van der Waals surface area contributed by atoms with Crippen LogP contribution >= 0.6 is 0 Å². The van der Waals surface area contributed by atoms with Crippen molar-refractivity contribution in [3.63, 3.8) is 0 Å². The van der Waals surface area contributed by atoms with Gasteiger partial charge in [-0.3, -0.25) is 0 Å². The first-order chi connectivity index (χ1) is 12.7. The van der Waals surface area contributed by atoms with Gasteiger partial charge in [0.15, 0.2) is 0 Å². The van der Waals surface area contributed by atoms with E-state index in [4.69, 9.17) is 0 Å². The monoisotopic (exact) mass is 471 g/mol. The summed E-state index contributed by atoms with van der Waals surface area (Å²) in [6.45, 7) is 0.351. The van der Waals surface area contributed by atoms with Gasteiger partial charge in [-0.25, -0.2) is 0 Å². The third kappa shape index (κ3) is 2.48. The molecule has 0 saturated carbocycles. The van der Waals surface area contributed by atoms with Crippen molar-refractivity contribution < 1.29 is 9.59 Å². The van der Waals surface area contributed by atoms with E-state index in [2.05, 4.69) is 24.3 Å². The molecule has 0 radical (unpaired) electrons. The molecule has 26 heavy (non-hydrogen) atoms. The zero-order valence-electron chi connectivity index (χ0n) is 13.6. The van der Waals surface area contributed by atoms with E-state index in [1.54, 1.807) is 0 Å². The molecule has 2 aliphatic rings. The normalized spacial score (nSPS) is 16.2. The van der Waals surface area contributed by atoms with E-state index in [0.717, 1.165) is 14.5 Å². The summed E-state index contributed by atoms with van der Waals surface area (Å²) < 4.78 is 3.92. The predicted octanol–water partition coefficient (Wildman–Crippen LogP) is 1.29. The maximum absolute atomic E-state index is 13.1. The third-order valence-electron chi connectivity index (χ3n) is 4.52. The fourth-order valence-electron chi connectivity index (χ4n) is 3.28. The number of amides is 2. The Kier molecular flexibility index (Phi) is 3.84. The summed E-state index contributed by atoms with van der Waals surface area (Å²) in [6.07, 6.45) is 0. The molecule has 0 bridgehead atoms. The Morgan fingerprint density at radius 3 is 1.85 bits per heavy atom. The summed E-state index contributed by atoms with van der Waals surface area (Å²) in [5.41, 5.74) is 0.981. The Morgan fingerprint density at radius 2 is 1.27 bits per heavy atom. The second kappa shape index (κ2) is 6.22. The summed E-state index contributed by atoms with van der Waals surface area (Å²) >= 11 is -0.275. The molecule has 0 atom stereocenters. The number of hydrogen-bond donors (Lipinski definition) is 0. The van der Waals surface area contributed by atoms with Gasteiger partial charge in [0.05, 0.1) is 0 Å². The van der Waals surface area contributed by atoms with E-state index in [0.29, 0.717) is 6.54 Å². The van der Waals surface area contributed by atoms with Crippen LogP contribution in [0.25, 0.3) is 10.8 Å². The molecule has 3 aromatic carbocycles. The minimum absolute atomic E-state index is 0.0967. The molecule has 0 saturated heterocycles. The zero-order chi connectivity index (χ0) is 17.7. The Hall–Kier alpha value is -2.16. The minimum atomic E-state index is -0.138. The van der Waals surface area contributed by atoms with Crippen LogP contribution in [0.3, 0.4) is 0 Å². The molecular weight excluding hydrogens is 456 g/mol. The van der Waals surface area contributed by atoms with Gasteiger partial charge >= 0.3 is 164 Å². The Morgan fingerprint density at radius 1 is 0.692 bits per heavy atom. The average Bonchev–Trinajstić information content (AvgIpc) is 2.82.